The molecule has 0 amide bonds. The summed E-state index contributed by atoms with van der Waals surface area (Å²) in [5.74, 6) is 0.421. The van der Waals surface area contributed by atoms with E-state index >= 15 is 0 Å². The van der Waals surface area contributed by atoms with Crippen LogP contribution in [0.3, 0.4) is 0 Å². The predicted molar refractivity (Wildman–Crippen MR) is 109 cm³/mol. The molecule has 3 aromatic heterocycles. The third kappa shape index (κ3) is 3.39. The van der Waals surface area contributed by atoms with Gasteiger partial charge in [0, 0.05) is 30.7 Å². The number of nitrogens with zero attached hydrogens (tertiary/aromatic N) is 5. The molecule has 0 aliphatic rings. The summed E-state index contributed by atoms with van der Waals surface area (Å²) in [6.45, 7) is 0. The molecule has 0 aliphatic carbocycles. The number of aromatic nitrogens is 4. The lowest BCUT2D eigenvalue weighted by molar-refractivity contribution is 0.600. The quantitative estimate of drug-likeness (QED) is 0.559. The summed E-state index contributed by atoms with van der Waals surface area (Å²) in [5.41, 5.74) is 3.71. The van der Waals surface area contributed by atoms with Crippen LogP contribution in [0.4, 0.5) is 17.3 Å². The van der Waals surface area contributed by atoms with Gasteiger partial charge in [-0.25, -0.2) is 17.9 Å². The smallest absolute Gasteiger partial charge is 0.245 e. The normalized spacial score (nSPS) is 11.5. The molecule has 142 valence electrons. The number of pyridine rings is 1. The lowest BCUT2D eigenvalue weighted by atomic mass is 10.1. The number of rotatable bonds is 5. The summed E-state index contributed by atoms with van der Waals surface area (Å²) >= 11 is 0. The summed E-state index contributed by atoms with van der Waals surface area (Å²) in [6, 6.07) is 14.7. The zero-order valence-electron chi connectivity index (χ0n) is 15.3. The molecule has 0 radical (unpaired) electrons. The van der Waals surface area contributed by atoms with Crippen molar-refractivity contribution in [1.29, 1.82) is 0 Å². The molecule has 0 fully saturated rings. The van der Waals surface area contributed by atoms with E-state index in [1.54, 1.807) is 29.2 Å². The van der Waals surface area contributed by atoms with Gasteiger partial charge in [-0.1, -0.05) is 18.2 Å². The second-order valence-electron chi connectivity index (χ2n) is 6.25. The Hall–Kier alpha value is -3.46. The highest BCUT2D eigenvalue weighted by Crippen LogP contribution is 2.32. The van der Waals surface area contributed by atoms with Crippen molar-refractivity contribution in [2.24, 2.45) is 0 Å². The maximum atomic E-state index is 12.1. The van der Waals surface area contributed by atoms with Gasteiger partial charge in [-0.3, -0.25) is 9.29 Å². The van der Waals surface area contributed by atoms with E-state index in [4.69, 9.17) is 0 Å². The summed E-state index contributed by atoms with van der Waals surface area (Å²) in [4.78, 5) is 8.32. The molecule has 28 heavy (non-hydrogen) atoms. The molecule has 8 nitrogen and oxygen atoms in total. The fourth-order valence-corrected chi connectivity index (χ4v) is 3.39. The van der Waals surface area contributed by atoms with Crippen LogP contribution in [0, 0.1) is 0 Å². The van der Waals surface area contributed by atoms with E-state index in [1.165, 1.54) is 17.6 Å². The average Bonchev–Trinajstić information content (AvgIpc) is 3.10. The minimum absolute atomic E-state index is 0.421. The Kier molecular flexibility index (Phi) is 4.44. The largest absolute Gasteiger partial charge is 0.323 e. The minimum Gasteiger partial charge on any atom is -0.323 e. The second kappa shape index (κ2) is 6.93. The van der Waals surface area contributed by atoms with Crippen LogP contribution in [0.15, 0.2) is 67.1 Å². The number of hydrogen-bond donors (Lipinski definition) is 1. The highest BCUT2D eigenvalue weighted by molar-refractivity contribution is 7.92. The van der Waals surface area contributed by atoms with Gasteiger partial charge < -0.3 is 5.32 Å². The molecule has 4 aromatic rings. The van der Waals surface area contributed by atoms with E-state index in [2.05, 4.69) is 20.4 Å². The van der Waals surface area contributed by atoms with Crippen LogP contribution >= 0.6 is 0 Å². The highest BCUT2D eigenvalue weighted by atomic mass is 32.2. The van der Waals surface area contributed by atoms with Gasteiger partial charge in [-0.05, 0) is 30.3 Å². The van der Waals surface area contributed by atoms with E-state index in [9.17, 15) is 8.42 Å². The van der Waals surface area contributed by atoms with E-state index in [1.807, 2.05) is 42.5 Å². The molecule has 0 aliphatic heterocycles. The van der Waals surface area contributed by atoms with Crippen LogP contribution in [-0.4, -0.2) is 41.3 Å². The first-order valence-electron chi connectivity index (χ1n) is 8.48. The SMILES string of the molecule is CN(c1ccccc1-c1ccc2cnc(Nc3ccncc3)nn12)S(C)(=O)=O. The van der Waals surface area contributed by atoms with Crippen molar-refractivity contribution in [3.8, 4) is 11.3 Å². The molecule has 0 unspecified atom stereocenters. The first kappa shape index (κ1) is 17.9. The van der Waals surface area contributed by atoms with Crippen molar-refractivity contribution in [3.63, 3.8) is 0 Å². The second-order valence-corrected chi connectivity index (χ2v) is 8.26. The number of hydrogen-bond acceptors (Lipinski definition) is 6. The Morgan fingerprint density at radius 3 is 2.54 bits per heavy atom. The predicted octanol–water partition coefficient (Wildman–Crippen LogP) is 2.93. The lowest BCUT2D eigenvalue weighted by Gasteiger charge is -2.20. The van der Waals surface area contributed by atoms with Crippen LogP contribution in [0.2, 0.25) is 0 Å². The Labute approximate surface area is 162 Å². The lowest BCUT2D eigenvalue weighted by Crippen LogP contribution is -2.25. The fourth-order valence-electron chi connectivity index (χ4n) is 2.87. The summed E-state index contributed by atoms with van der Waals surface area (Å²) < 4.78 is 27.1. The van der Waals surface area contributed by atoms with Crippen LogP contribution < -0.4 is 9.62 Å². The molecule has 0 saturated heterocycles. The number of fused-ring (bicyclic) bond motifs is 1. The van der Waals surface area contributed by atoms with E-state index in [0.717, 1.165) is 22.5 Å². The van der Waals surface area contributed by atoms with Gasteiger partial charge in [0.1, 0.15) is 0 Å². The molecule has 0 spiro atoms. The van der Waals surface area contributed by atoms with Crippen LogP contribution in [0.5, 0.6) is 0 Å². The summed E-state index contributed by atoms with van der Waals surface area (Å²) in [5, 5.41) is 7.71. The molecular formula is C19H18N6O2S. The average molecular weight is 394 g/mol. The molecule has 1 aromatic carbocycles. The van der Waals surface area contributed by atoms with Gasteiger partial charge in [0.2, 0.25) is 16.0 Å². The topological polar surface area (TPSA) is 92.5 Å². The molecule has 3 heterocycles. The summed E-state index contributed by atoms with van der Waals surface area (Å²) in [6.07, 6.45) is 6.25. The Morgan fingerprint density at radius 1 is 1.04 bits per heavy atom. The Bertz CT molecular complexity index is 1240. The van der Waals surface area contributed by atoms with Crippen molar-refractivity contribution in [2.75, 3.05) is 22.9 Å². The molecule has 4 rings (SSSR count). The molecule has 0 bridgehead atoms. The highest BCUT2D eigenvalue weighted by Gasteiger charge is 2.18. The molecule has 0 atom stereocenters. The molecule has 9 heteroatoms. The van der Waals surface area contributed by atoms with Gasteiger partial charge >= 0.3 is 0 Å². The molecular weight excluding hydrogens is 376 g/mol. The van der Waals surface area contributed by atoms with Crippen molar-refractivity contribution in [1.82, 2.24) is 19.6 Å². The van der Waals surface area contributed by atoms with Gasteiger partial charge in [0.25, 0.3) is 0 Å². The first-order chi connectivity index (χ1) is 13.4. The third-order valence-corrected chi connectivity index (χ3v) is 5.54. The monoisotopic (exact) mass is 394 g/mol. The van der Waals surface area contributed by atoms with Crippen LogP contribution in [0.1, 0.15) is 0 Å². The van der Waals surface area contributed by atoms with Gasteiger partial charge in [0.05, 0.1) is 29.4 Å². The van der Waals surface area contributed by atoms with E-state index < -0.39 is 10.0 Å². The zero-order valence-corrected chi connectivity index (χ0v) is 16.1. The maximum absolute atomic E-state index is 12.1. The van der Waals surface area contributed by atoms with Gasteiger partial charge in [-0.15, -0.1) is 5.10 Å². The first-order valence-corrected chi connectivity index (χ1v) is 10.3. The van der Waals surface area contributed by atoms with Gasteiger partial charge in [-0.2, -0.15) is 0 Å². The minimum atomic E-state index is -3.40. The van der Waals surface area contributed by atoms with Crippen LogP contribution in [0.25, 0.3) is 16.8 Å². The van der Waals surface area contributed by atoms with Crippen molar-refractivity contribution in [2.45, 2.75) is 0 Å². The summed E-state index contributed by atoms with van der Waals surface area (Å²) in [7, 11) is -1.86. The number of nitrogens with one attached hydrogen (secondary N) is 1. The maximum Gasteiger partial charge on any atom is 0.245 e. The van der Waals surface area contributed by atoms with Crippen LogP contribution in [-0.2, 0) is 10.0 Å². The number of para-hydroxylation sites is 1. The van der Waals surface area contributed by atoms with E-state index in [0.29, 0.717) is 11.6 Å². The van der Waals surface area contributed by atoms with Crippen molar-refractivity contribution < 1.29 is 8.42 Å². The Morgan fingerprint density at radius 2 is 1.79 bits per heavy atom. The molecule has 1 N–H and O–H groups in total. The van der Waals surface area contributed by atoms with E-state index in [-0.39, 0.29) is 0 Å². The zero-order chi connectivity index (χ0) is 19.7. The third-order valence-electron chi connectivity index (χ3n) is 4.35. The van der Waals surface area contributed by atoms with Gasteiger partial charge in [0.15, 0.2) is 0 Å². The number of sulfonamides is 1. The number of benzene rings is 1. The standard InChI is InChI=1S/C19H18N6O2S/c1-24(28(2,26)27)17-6-4-3-5-16(17)18-8-7-15-13-21-19(23-25(15)18)22-14-9-11-20-12-10-14/h3-13H,1-2H3,(H,20,22,23). The van der Waals surface area contributed by atoms with Crippen molar-refractivity contribution >= 4 is 32.9 Å². The Balaban J connectivity index is 1.81. The van der Waals surface area contributed by atoms with Crippen molar-refractivity contribution in [3.05, 3.63) is 67.1 Å². The fraction of sp³-hybridized carbons (Fsp3) is 0.105. The molecule has 0 saturated carbocycles. The number of anilines is 3.